The van der Waals surface area contributed by atoms with Crippen molar-refractivity contribution in [2.24, 2.45) is 5.92 Å². The predicted octanol–water partition coefficient (Wildman–Crippen LogP) is 2.14. The van der Waals surface area contributed by atoms with Crippen LogP contribution >= 0.6 is 0 Å². The Morgan fingerprint density at radius 3 is 2.78 bits per heavy atom. The van der Waals surface area contributed by atoms with Crippen molar-refractivity contribution in [2.75, 3.05) is 6.54 Å². The van der Waals surface area contributed by atoms with Gasteiger partial charge in [-0.05, 0) is 59.4 Å². The van der Waals surface area contributed by atoms with Crippen molar-refractivity contribution in [1.82, 2.24) is 10.2 Å². The minimum absolute atomic E-state index is 0.106. The summed E-state index contributed by atoms with van der Waals surface area (Å²) in [6, 6.07) is 0.702. The molecule has 4 atom stereocenters. The Bertz CT molecular complexity index is 376. The first-order valence-corrected chi connectivity index (χ1v) is 7.05. The van der Waals surface area contributed by atoms with E-state index in [1.54, 1.807) is 0 Å². The Morgan fingerprint density at radius 2 is 2.11 bits per heavy atom. The SMILES string of the molecule is CC(C)(C)OC(=O)N1[C@@H]2C[C@H]3CN[C@](C)(C2)[C@@H]1C3. The molecule has 4 nitrogen and oxygen atoms in total. The Kier molecular flexibility index (Phi) is 2.47. The number of rotatable bonds is 0. The molecule has 0 aliphatic carbocycles. The van der Waals surface area contributed by atoms with Gasteiger partial charge in [0.05, 0.1) is 6.04 Å². The lowest BCUT2D eigenvalue weighted by atomic mass is 9.82. The van der Waals surface area contributed by atoms with E-state index in [0.717, 1.165) is 31.7 Å². The van der Waals surface area contributed by atoms with Gasteiger partial charge in [-0.1, -0.05) is 0 Å². The molecule has 3 bridgehead atoms. The number of hydrogen-bond donors (Lipinski definition) is 1. The van der Waals surface area contributed by atoms with E-state index in [2.05, 4.69) is 12.2 Å². The molecule has 102 valence electrons. The summed E-state index contributed by atoms with van der Waals surface area (Å²) >= 11 is 0. The monoisotopic (exact) mass is 252 g/mol. The molecule has 3 rings (SSSR count). The summed E-state index contributed by atoms with van der Waals surface area (Å²) in [5.41, 5.74) is -0.296. The van der Waals surface area contributed by atoms with Crippen LogP contribution in [0.15, 0.2) is 0 Å². The number of carbonyl (C=O) groups is 1. The van der Waals surface area contributed by atoms with Gasteiger partial charge in [0, 0.05) is 11.6 Å². The first-order chi connectivity index (χ1) is 8.28. The van der Waals surface area contributed by atoms with Gasteiger partial charge in [0.1, 0.15) is 5.60 Å². The smallest absolute Gasteiger partial charge is 0.410 e. The molecule has 0 unspecified atom stereocenters. The number of piperidine rings is 2. The molecule has 3 saturated heterocycles. The Balaban J connectivity index is 1.81. The number of hydrogen-bond acceptors (Lipinski definition) is 3. The highest BCUT2D eigenvalue weighted by atomic mass is 16.6. The number of nitrogens with zero attached hydrogens (tertiary/aromatic N) is 1. The highest BCUT2D eigenvalue weighted by molar-refractivity contribution is 5.70. The van der Waals surface area contributed by atoms with Crippen LogP contribution in [0.1, 0.15) is 47.0 Å². The summed E-state index contributed by atoms with van der Waals surface area (Å²) in [4.78, 5) is 14.4. The van der Waals surface area contributed by atoms with Crippen LogP contribution in [0.3, 0.4) is 0 Å². The second-order valence-electron chi connectivity index (χ2n) is 7.40. The molecule has 0 aromatic heterocycles. The fourth-order valence-electron chi connectivity index (χ4n) is 3.98. The molecular weight excluding hydrogens is 228 g/mol. The Hall–Kier alpha value is -0.770. The maximum atomic E-state index is 12.4. The third-order valence-electron chi connectivity index (χ3n) is 4.69. The second kappa shape index (κ2) is 3.62. The maximum absolute atomic E-state index is 12.4. The molecule has 0 aromatic rings. The molecule has 3 heterocycles. The molecule has 3 fully saturated rings. The fraction of sp³-hybridized carbons (Fsp3) is 0.929. The normalized spacial score (nSPS) is 42.2. The zero-order valence-electron chi connectivity index (χ0n) is 11.8. The van der Waals surface area contributed by atoms with E-state index in [1.165, 1.54) is 0 Å². The van der Waals surface area contributed by atoms with Crippen molar-refractivity contribution in [3.63, 3.8) is 0 Å². The highest BCUT2D eigenvalue weighted by Gasteiger charge is 2.58. The minimum Gasteiger partial charge on any atom is -0.444 e. The molecule has 3 aliphatic heterocycles. The predicted molar refractivity (Wildman–Crippen MR) is 69.4 cm³/mol. The van der Waals surface area contributed by atoms with Gasteiger partial charge in [0.2, 0.25) is 0 Å². The van der Waals surface area contributed by atoms with E-state index in [9.17, 15) is 4.79 Å². The second-order valence-corrected chi connectivity index (χ2v) is 7.40. The van der Waals surface area contributed by atoms with Gasteiger partial charge in [-0.3, -0.25) is 0 Å². The lowest BCUT2D eigenvalue weighted by Crippen LogP contribution is -2.61. The minimum atomic E-state index is -0.401. The van der Waals surface area contributed by atoms with Gasteiger partial charge in [0.15, 0.2) is 0 Å². The van der Waals surface area contributed by atoms with Crippen LogP contribution in [0.4, 0.5) is 4.79 Å². The zero-order valence-corrected chi connectivity index (χ0v) is 11.8. The number of amides is 1. The molecule has 0 spiro atoms. The third kappa shape index (κ3) is 1.81. The molecule has 18 heavy (non-hydrogen) atoms. The zero-order chi connectivity index (χ0) is 13.1. The van der Waals surface area contributed by atoms with Crippen LogP contribution < -0.4 is 5.32 Å². The fourth-order valence-corrected chi connectivity index (χ4v) is 3.98. The van der Waals surface area contributed by atoms with Gasteiger partial charge >= 0.3 is 6.09 Å². The van der Waals surface area contributed by atoms with Crippen molar-refractivity contribution in [3.8, 4) is 0 Å². The third-order valence-corrected chi connectivity index (χ3v) is 4.69. The summed E-state index contributed by atoms with van der Waals surface area (Å²) in [5.74, 6) is 0.745. The van der Waals surface area contributed by atoms with Crippen molar-refractivity contribution in [3.05, 3.63) is 0 Å². The van der Waals surface area contributed by atoms with E-state index >= 15 is 0 Å². The summed E-state index contributed by atoms with van der Waals surface area (Å²) < 4.78 is 5.57. The molecular formula is C14H24N2O2. The van der Waals surface area contributed by atoms with E-state index < -0.39 is 5.60 Å². The molecule has 4 heteroatoms. The summed E-state index contributed by atoms with van der Waals surface area (Å²) in [6.07, 6.45) is 3.23. The van der Waals surface area contributed by atoms with Gasteiger partial charge in [0.25, 0.3) is 0 Å². The number of nitrogens with one attached hydrogen (secondary N) is 1. The van der Waals surface area contributed by atoms with Crippen LogP contribution in [0.2, 0.25) is 0 Å². The highest BCUT2D eigenvalue weighted by Crippen LogP contribution is 2.47. The van der Waals surface area contributed by atoms with E-state index in [0.29, 0.717) is 12.1 Å². The Morgan fingerprint density at radius 1 is 1.39 bits per heavy atom. The number of ether oxygens (including phenoxy) is 1. The van der Waals surface area contributed by atoms with Gasteiger partial charge in [-0.15, -0.1) is 0 Å². The van der Waals surface area contributed by atoms with E-state index in [1.807, 2.05) is 25.7 Å². The lowest BCUT2D eigenvalue weighted by molar-refractivity contribution is -0.00874. The standard InChI is InChI=1S/C14H24N2O2/c1-13(2,3)18-12(17)16-10-5-9-6-11(16)14(4,7-10)15-8-9/h9-11,15H,5-8H2,1-4H3/t9-,10-,11+,14-/m1/s1. The van der Waals surface area contributed by atoms with Crippen molar-refractivity contribution < 1.29 is 9.53 Å². The quantitative estimate of drug-likeness (QED) is 0.718. The first kappa shape index (κ1) is 12.3. The summed E-state index contributed by atoms with van der Waals surface area (Å²) in [7, 11) is 0. The summed E-state index contributed by atoms with van der Waals surface area (Å²) in [5, 5.41) is 3.65. The molecule has 1 N–H and O–H groups in total. The average Bonchev–Trinajstić information content (AvgIpc) is 2.33. The first-order valence-electron chi connectivity index (χ1n) is 7.05. The van der Waals surface area contributed by atoms with Crippen molar-refractivity contribution >= 4 is 6.09 Å². The molecule has 1 amide bonds. The van der Waals surface area contributed by atoms with Crippen LogP contribution in [0, 0.1) is 5.92 Å². The van der Waals surface area contributed by atoms with Gasteiger partial charge in [-0.2, -0.15) is 0 Å². The van der Waals surface area contributed by atoms with Gasteiger partial charge < -0.3 is 15.0 Å². The molecule has 0 aromatic carbocycles. The van der Waals surface area contributed by atoms with E-state index in [4.69, 9.17) is 4.74 Å². The average molecular weight is 252 g/mol. The van der Waals surface area contributed by atoms with Crippen LogP contribution in [0.25, 0.3) is 0 Å². The van der Waals surface area contributed by atoms with Crippen LogP contribution in [-0.4, -0.2) is 40.8 Å². The van der Waals surface area contributed by atoms with Gasteiger partial charge in [-0.25, -0.2) is 4.79 Å². The maximum Gasteiger partial charge on any atom is 0.410 e. The van der Waals surface area contributed by atoms with Crippen molar-refractivity contribution in [1.29, 1.82) is 0 Å². The van der Waals surface area contributed by atoms with Crippen LogP contribution in [-0.2, 0) is 4.74 Å². The Labute approximate surface area is 109 Å². The van der Waals surface area contributed by atoms with E-state index in [-0.39, 0.29) is 11.6 Å². The topological polar surface area (TPSA) is 41.6 Å². The molecule has 3 aliphatic rings. The number of fused-ring (bicyclic) bond motifs is 2. The summed E-state index contributed by atoms with van der Waals surface area (Å²) in [6.45, 7) is 9.18. The molecule has 0 radical (unpaired) electrons. The largest absolute Gasteiger partial charge is 0.444 e. The lowest BCUT2D eigenvalue weighted by Gasteiger charge is -2.46. The number of carbonyl (C=O) groups excluding carboxylic acids is 1. The molecule has 0 saturated carbocycles. The van der Waals surface area contributed by atoms with Crippen molar-refractivity contribution in [2.45, 2.75) is 70.2 Å². The van der Waals surface area contributed by atoms with Crippen LogP contribution in [0.5, 0.6) is 0 Å².